The van der Waals surface area contributed by atoms with Crippen LogP contribution in [0.1, 0.15) is 99.9 Å². The van der Waals surface area contributed by atoms with Gasteiger partial charge in [0, 0.05) is 55.8 Å². The second kappa shape index (κ2) is 21.0. The summed E-state index contributed by atoms with van der Waals surface area (Å²) in [7, 11) is 0. The fourth-order valence-corrected chi connectivity index (χ4v) is 19.1. The van der Waals surface area contributed by atoms with Crippen molar-refractivity contribution in [3.63, 3.8) is 0 Å². The maximum absolute atomic E-state index is 2.55. The lowest BCUT2D eigenvalue weighted by Gasteiger charge is -2.30. The summed E-state index contributed by atoms with van der Waals surface area (Å²) in [6.45, 7) is 19.4. The normalized spacial score (nSPS) is 14.9. The molecule has 0 aliphatic heterocycles. The van der Waals surface area contributed by atoms with E-state index in [1.54, 1.807) is 0 Å². The van der Waals surface area contributed by atoms with Gasteiger partial charge in [-0.05, 0) is 250 Å². The van der Waals surface area contributed by atoms with Gasteiger partial charge in [-0.1, -0.05) is 274 Å². The lowest BCUT2D eigenvalue weighted by atomic mass is 9.79. The number of hydrogen-bond donors (Lipinski definition) is 0. The molecule has 0 atom stereocenters. The van der Waals surface area contributed by atoms with Crippen LogP contribution in [0.2, 0.25) is 0 Å². The molecule has 0 bridgehead atoms. The zero-order valence-electron chi connectivity index (χ0n) is 57.8. The Bertz CT molecular complexity index is 6230. The fourth-order valence-electron chi connectivity index (χ4n) is 19.1. The van der Waals surface area contributed by atoms with Gasteiger partial charge < -0.3 is 9.80 Å². The third kappa shape index (κ3) is 8.25. The van der Waals surface area contributed by atoms with Crippen LogP contribution in [0.25, 0.3) is 121 Å². The number of nitrogens with zero attached hydrogens (tertiary/aromatic N) is 2. The predicted octanol–water partition coefficient (Wildman–Crippen LogP) is 27.0. The fraction of sp³-hybridized carbons (Fsp3) is 0.122. The standard InChI is InChI=1S/C98H74N2/c1-95(2)85-32-20-18-30-73(85)75-44-37-63(53-87(75)95)91-80-51-43-68(100(66-39-34-59-22-12-13-25-62(59)52-66)70-41-49-78-82-47-36-61-24-15-17-29-72(61)94(82)98(7,8)90(78)58-70)56-84(80)92(64-38-45-76-74-31-19-21-33-86(74)96(3,4)88(76)54-64)79-50-42-67(55-83(79)91)99(65-26-10-9-11-27-65)69-40-48-77-81-46-35-60-23-14-16-28-71(60)93(81)97(5,6)89(77)57-69/h9-58H,1-8H3. The van der Waals surface area contributed by atoms with Crippen molar-refractivity contribution in [2.45, 2.75) is 77.0 Å². The molecule has 0 unspecified atom stereocenters. The van der Waals surface area contributed by atoms with Crippen LogP contribution >= 0.6 is 0 Å². The van der Waals surface area contributed by atoms with E-state index in [1.807, 2.05) is 0 Å². The highest BCUT2D eigenvalue weighted by atomic mass is 15.1. The summed E-state index contributed by atoms with van der Waals surface area (Å²) >= 11 is 0. The number of rotatable bonds is 8. The molecule has 0 heterocycles. The van der Waals surface area contributed by atoms with Gasteiger partial charge in [-0.2, -0.15) is 0 Å². The van der Waals surface area contributed by atoms with Crippen molar-refractivity contribution in [1.82, 2.24) is 0 Å². The molecule has 20 rings (SSSR count). The van der Waals surface area contributed by atoms with E-state index in [2.05, 4.69) is 369 Å². The average Bonchev–Trinajstić information content (AvgIpc) is 1.68. The van der Waals surface area contributed by atoms with Crippen molar-refractivity contribution in [2.75, 3.05) is 9.80 Å². The largest absolute Gasteiger partial charge is 0.310 e. The molecule has 476 valence electrons. The minimum Gasteiger partial charge on any atom is -0.310 e. The van der Waals surface area contributed by atoms with E-state index in [-0.39, 0.29) is 21.7 Å². The minimum atomic E-state index is -0.263. The quantitative estimate of drug-likeness (QED) is 0.140. The third-order valence-corrected chi connectivity index (χ3v) is 23.9. The summed E-state index contributed by atoms with van der Waals surface area (Å²) < 4.78 is 0. The van der Waals surface area contributed by atoms with E-state index < -0.39 is 0 Å². The number of benzene rings is 16. The predicted molar refractivity (Wildman–Crippen MR) is 424 cm³/mol. The Morgan fingerprint density at radius 1 is 0.190 bits per heavy atom. The number of hydrogen-bond acceptors (Lipinski definition) is 2. The maximum atomic E-state index is 2.55. The Morgan fingerprint density at radius 2 is 0.530 bits per heavy atom. The van der Waals surface area contributed by atoms with Crippen LogP contribution in [-0.2, 0) is 21.7 Å². The van der Waals surface area contributed by atoms with E-state index in [0.717, 1.165) is 34.1 Å². The SMILES string of the molecule is CC1(C)c2ccccc2-c2ccc(-c3c4ccc(N(c5ccc6c(c5)C(C)(C)c5c-6ccc6ccccc56)c5ccc6ccccc6c5)cc4c(-c4ccc5c(c4)C(C)(C)c4ccccc4-5)c4ccc(N(c5ccccc5)c5ccc6c(c5)C(C)(C)c5c-6ccc6ccccc56)cc34)cc21. The van der Waals surface area contributed by atoms with Gasteiger partial charge in [0.05, 0.1) is 0 Å². The van der Waals surface area contributed by atoms with E-state index in [1.165, 1.54) is 165 Å². The van der Waals surface area contributed by atoms with Crippen molar-refractivity contribution < 1.29 is 0 Å². The molecule has 0 aromatic heterocycles. The molecule has 16 aromatic carbocycles. The molecule has 2 heteroatoms. The van der Waals surface area contributed by atoms with Gasteiger partial charge in [-0.25, -0.2) is 0 Å². The molecular weight excluding hydrogens is 1210 g/mol. The molecule has 0 fully saturated rings. The van der Waals surface area contributed by atoms with E-state index >= 15 is 0 Å². The molecule has 0 N–H and O–H groups in total. The topological polar surface area (TPSA) is 6.48 Å². The van der Waals surface area contributed by atoms with Crippen LogP contribution in [0.15, 0.2) is 303 Å². The number of para-hydroxylation sites is 1. The first kappa shape index (κ1) is 58.6. The third-order valence-electron chi connectivity index (χ3n) is 23.9. The molecule has 2 nitrogen and oxygen atoms in total. The first-order valence-corrected chi connectivity index (χ1v) is 35.6. The highest BCUT2D eigenvalue weighted by Crippen LogP contribution is 2.59. The Balaban J connectivity index is 0.865. The van der Waals surface area contributed by atoms with Gasteiger partial charge in [-0.15, -0.1) is 0 Å². The molecule has 0 saturated carbocycles. The van der Waals surface area contributed by atoms with Gasteiger partial charge in [-0.3, -0.25) is 0 Å². The highest BCUT2D eigenvalue weighted by molar-refractivity contribution is 6.23. The maximum Gasteiger partial charge on any atom is 0.0468 e. The molecule has 4 aliphatic rings. The summed E-state index contributed by atoms with van der Waals surface area (Å²) in [4.78, 5) is 5.04. The average molecular weight is 1280 g/mol. The smallest absolute Gasteiger partial charge is 0.0468 e. The Labute approximate surface area is 585 Å². The molecule has 0 amide bonds. The van der Waals surface area contributed by atoms with Crippen LogP contribution in [0.3, 0.4) is 0 Å². The first-order chi connectivity index (χ1) is 48.6. The summed E-state index contributed by atoms with van der Waals surface area (Å²) in [5.74, 6) is 0. The van der Waals surface area contributed by atoms with Gasteiger partial charge in [0.1, 0.15) is 0 Å². The van der Waals surface area contributed by atoms with Crippen molar-refractivity contribution in [1.29, 1.82) is 0 Å². The van der Waals surface area contributed by atoms with E-state index in [9.17, 15) is 0 Å². The lowest BCUT2D eigenvalue weighted by Crippen LogP contribution is -2.17. The van der Waals surface area contributed by atoms with Crippen molar-refractivity contribution in [3.8, 4) is 66.8 Å². The Kier molecular flexibility index (Phi) is 12.3. The second-order valence-electron chi connectivity index (χ2n) is 30.7. The summed E-state index contributed by atoms with van der Waals surface area (Å²) in [5, 5.41) is 12.4. The lowest BCUT2D eigenvalue weighted by molar-refractivity contribution is 0.660. The highest BCUT2D eigenvalue weighted by Gasteiger charge is 2.41. The molecule has 4 aliphatic carbocycles. The van der Waals surface area contributed by atoms with Crippen molar-refractivity contribution >= 4 is 88.0 Å². The van der Waals surface area contributed by atoms with Crippen LogP contribution in [-0.4, -0.2) is 0 Å². The second-order valence-corrected chi connectivity index (χ2v) is 30.7. The number of fused-ring (bicyclic) bond motifs is 19. The van der Waals surface area contributed by atoms with E-state index in [4.69, 9.17) is 0 Å². The van der Waals surface area contributed by atoms with Crippen LogP contribution < -0.4 is 9.80 Å². The zero-order valence-corrected chi connectivity index (χ0v) is 57.8. The summed E-state index contributed by atoms with van der Waals surface area (Å²) in [6, 6.07) is 116. The van der Waals surface area contributed by atoms with Gasteiger partial charge in [0.15, 0.2) is 0 Å². The molecule has 0 radical (unpaired) electrons. The minimum absolute atomic E-state index is 0.225. The van der Waals surface area contributed by atoms with Crippen LogP contribution in [0, 0.1) is 0 Å². The monoisotopic (exact) mass is 1280 g/mol. The zero-order chi connectivity index (χ0) is 67.3. The van der Waals surface area contributed by atoms with Gasteiger partial charge in [0.2, 0.25) is 0 Å². The molecule has 100 heavy (non-hydrogen) atoms. The summed E-state index contributed by atoms with van der Waals surface area (Å²) in [6.07, 6.45) is 0. The van der Waals surface area contributed by atoms with Crippen LogP contribution in [0.4, 0.5) is 34.1 Å². The van der Waals surface area contributed by atoms with Gasteiger partial charge in [0.25, 0.3) is 0 Å². The van der Waals surface area contributed by atoms with Gasteiger partial charge >= 0.3 is 0 Å². The molecule has 0 saturated heterocycles. The molecule has 16 aromatic rings. The Morgan fingerprint density at radius 3 is 1.04 bits per heavy atom. The van der Waals surface area contributed by atoms with E-state index in [0.29, 0.717) is 0 Å². The first-order valence-electron chi connectivity index (χ1n) is 35.6. The van der Waals surface area contributed by atoms with Crippen molar-refractivity contribution in [2.24, 2.45) is 0 Å². The van der Waals surface area contributed by atoms with Crippen LogP contribution in [0.5, 0.6) is 0 Å². The molecular formula is C98H74N2. The summed E-state index contributed by atoms with van der Waals surface area (Å²) in [5.41, 5.74) is 31.9. The Hall–Kier alpha value is -11.6. The molecule has 0 spiro atoms. The van der Waals surface area contributed by atoms with Crippen molar-refractivity contribution in [3.05, 3.63) is 348 Å². The number of anilines is 6.